The van der Waals surface area contributed by atoms with E-state index in [0.29, 0.717) is 6.04 Å². The van der Waals surface area contributed by atoms with Crippen LogP contribution < -0.4 is 0 Å². The molecule has 1 aliphatic rings. The Morgan fingerprint density at radius 1 is 1.67 bits per heavy atom. The van der Waals surface area contributed by atoms with Gasteiger partial charge in [0.05, 0.1) is 22.7 Å². The van der Waals surface area contributed by atoms with Crippen LogP contribution in [0.25, 0.3) is 0 Å². The van der Waals surface area contributed by atoms with Crippen LogP contribution in [0.3, 0.4) is 0 Å². The van der Waals surface area contributed by atoms with Gasteiger partial charge >= 0.3 is 5.97 Å². The molecular formula is C13H20N2O2S. The number of thiazole rings is 1. The number of likely N-dealkylation sites (tertiary alicyclic amines) is 1. The zero-order valence-electron chi connectivity index (χ0n) is 11.1. The molecule has 0 radical (unpaired) electrons. The van der Waals surface area contributed by atoms with Crippen LogP contribution in [0.5, 0.6) is 0 Å². The lowest BCUT2D eigenvalue weighted by Crippen LogP contribution is -2.44. The molecule has 18 heavy (non-hydrogen) atoms. The minimum absolute atomic E-state index is 0.180. The average molecular weight is 268 g/mol. The summed E-state index contributed by atoms with van der Waals surface area (Å²) in [4.78, 5) is 17.9. The number of nitrogens with zero attached hydrogens (tertiary/aromatic N) is 2. The maximum absolute atomic E-state index is 11.0. The quantitative estimate of drug-likeness (QED) is 0.915. The molecule has 1 aromatic heterocycles. The highest BCUT2D eigenvalue weighted by Crippen LogP contribution is 2.31. The van der Waals surface area contributed by atoms with Crippen molar-refractivity contribution in [2.24, 2.45) is 5.92 Å². The zero-order chi connectivity index (χ0) is 13.3. The SMILES string of the molecule is Cc1nc(C(C)N2CCC(C(=O)O)CC2C)cs1. The van der Waals surface area contributed by atoms with Crippen molar-refractivity contribution in [3.8, 4) is 0 Å². The molecule has 2 rings (SSSR count). The lowest BCUT2D eigenvalue weighted by molar-refractivity contribution is -0.144. The highest BCUT2D eigenvalue weighted by atomic mass is 32.1. The van der Waals surface area contributed by atoms with Crippen LogP contribution in [0.4, 0.5) is 0 Å². The molecule has 1 fully saturated rings. The highest BCUT2D eigenvalue weighted by molar-refractivity contribution is 7.09. The first-order valence-electron chi connectivity index (χ1n) is 6.39. The topological polar surface area (TPSA) is 53.4 Å². The number of rotatable bonds is 3. The van der Waals surface area contributed by atoms with Gasteiger partial charge in [-0.15, -0.1) is 11.3 Å². The molecule has 1 aliphatic heterocycles. The molecule has 0 spiro atoms. The number of hydrogen-bond acceptors (Lipinski definition) is 4. The highest BCUT2D eigenvalue weighted by Gasteiger charge is 2.32. The van der Waals surface area contributed by atoms with E-state index >= 15 is 0 Å². The predicted octanol–water partition coefficient (Wildman–Crippen LogP) is 2.70. The number of carboxylic acid groups (broad SMARTS) is 1. The third-order valence-electron chi connectivity index (χ3n) is 3.84. The summed E-state index contributed by atoms with van der Waals surface area (Å²) in [5, 5.41) is 12.3. The molecule has 100 valence electrons. The first-order chi connectivity index (χ1) is 8.49. The van der Waals surface area contributed by atoms with Crippen molar-refractivity contribution in [2.75, 3.05) is 6.54 Å². The summed E-state index contributed by atoms with van der Waals surface area (Å²) < 4.78 is 0. The van der Waals surface area contributed by atoms with Crippen LogP contribution in [0, 0.1) is 12.8 Å². The van der Waals surface area contributed by atoms with Crippen molar-refractivity contribution in [3.05, 3.63) is 16.1 Å². The largest absolute Gasteiger partial charge is 0.481 e. The van der Waals surface area contributed by atoms with Gasteiger partial charge < -0.3 is 5.11 Å². The van der Waals surface area contributed by atoms with Crippen molar-refractivity contribution < 1.29 is 9.90 Å². The summed E-state index contributed by atoms with van der Waals surface area (Å²) in [7, 11) is 0. The van der Waals surface area contributed by atoms with Crippen LogP contribution in [0.1, 0.15) is 43.4 Å². The van der Waals surface area contributed by atoms with Gasteiger partial charge in [0.2, 0.25) is 0 Å². The van der Waals surface area contributed by atoms with Crippen LogP contribution in [-0.2, 0) is 4.79 Å². The summed E-state index contributed by atoms with van der Waals surface area (Å²) in [6.45, 7) is 7.13. The first-order valence-corrected chi connectivity index (χ1v) is 7.27. The van der Waals surface area contributed by atoms with Gasteiger partial charge in [-0.1, -0.05) is 0 Å². The van der Waals surface area contributed by atoms with Crippen LogP contribution in [0.15, 0.2) is 5.38 Å². The second kappa shape index (κ2) is 5.36. The molecule has 1 N–H and O–H groups in total. The Hall–Kier alpha value is -0.940. The maximum Gasteiger partial charge on any atom is 0.306 e. The van der Waals surface area contributed by atoms with E-state index in [-0.39, 0.29) is 12.0 Å². The Morgan fingerprint density at radius 3 is 2.89 bits per heavy atom. The van der Waals surface area contributed by atoms with Crippen molar-refractivity contribution in [3.63, 3.8) is 0 Å². The standard InChI is InChI=1S/C13H20N2O2S/c1-8-6-11(13(16)17)4-5-15(8)9(2)12-7-18-10(3)14-12/h7-9,11H,4-6H2,1-3H3,(H,16,17). The number of aryl methyl sites for hydroxylation is 1. The van der Waals surface area contributed by atoms with Crippen molar-refractivity contribution in [1.82, 2.24) is 9.88 Å². The maximum atomic E-state index is 11.0. The van der Waals surface area contributed by atoms with Crippen LogP contribution in [-0.4, -0.2) is 33.5 Å². The smallest absolute Gasteiger partial charge is 0.306 e. The van der Waals surface area contributed by atoms with Crippen LogP contribution >= 0.6 is 11.3 Å². The molecule has 0 bridgehead atoms. The number of aromatic nitrogens is 1. The zero-order valence-corrected chi connectivity index (χ0v) is 11.9. The van der Waals surface area contributed by atoms with E-state index in [1.165, 1.54) is 0 Å². The van der Waals surface area contributed by atoms with E-state index in [1.807, 2.05) is 6.92 Å². The molecule has 2 heterocycles. The molecule has 4 nitrogen and oxygen atoms in total. The number of carboxylic acids is 1. The monoisotopic (exact) mass is 268 g/mol. The first kappa shape index (κ1) is 13.5. The molecule has 0 amide bonds. The summed E-state index contributed by atoms with van der Waals surface area (Å²) >= 11 is 1.67. The molecule has 3 unspecified atom stereocenters. The summed E-state index contributed by atoms with van der Waals surface area (Å²) in [6, 6.07) is 0.580. The lowest BCUT2D eigenvalue weighted by Gasteiger charge is -2.39. The average Bonchev–Trinajstić information content (AvgIpc) is 2.74. The minimum Gasteiger partial charge on any atom is -0.481 e. The van der Waals surface area contributed by atoms with Gasteiger partial charge in [0, 0.05) is 11.4 Å². The van der Waals surface area contributed by atoms with Gasteiger partial charge in [0.15, 0.2) is 0 Å². The number of hydrogen-bond donors (Lipinski definition) is 1. The van der Waals surface area contributed by atoms with Gasteiger partial charge in [0.25, 0.3) is 0 Å². The van der Waals surface area contributed by atoms with E-state index in [4.69, 9.17) is 5.11 Å². The Morgan fingerprint density at radius 2 is 2.39 bits per heavy atom. The van der Waals surface area contributed by atoms with Gasteiger partial charge in [-0.2, -0.15) is 0 Å². The fourth-order valence-electron chi connectivity index (χ4n) is 2.73. The minimum atomic E-state index is -0.654. The van der Waals surface area contributed by atoms with E-state index in [2.05, 4.69) is 29.1 Å². The summed E-state index contributed by atoms with van der Waals surface area (Å²) in [5.41, 5.74) is 1.11. The molecule has 0 saturated carbocycles. The third kappa shape index (κ3) is 2.72. The third-order valence-corrected chi connectivity index (χ3v) is 4.63. The number of aliphatic carboxylic acids is 1. The predicted molar refractivity (Wildman–Crippen MR) is 71.8 cm³/mol. The van der Waals surface area contributed by atoms with E-state index in [9.17, 15) is 4.79 Å². The van der Waals surface area contributed by atoms with Gasteiger partial charge in [-0.05, 0) is 40.2 Å². The normalized spacial score (nSPS) is 27.1. The van der Waals surface area contributed by atoms with Gasteiger partial charge in [0.1, 0.15) is 0 Å². The molecule has 1 saturated heterocycles. The number of piperidine rings is 1. The fourth-order valence-corrected chi connectivity index (χ4v) is 3.43. The van der Waals surface area contributed by atoms with Gasteiger partial charge in [-0.3, -0.25) is 9.69 Å². The van der Waals surface area contributed by atoms with Crippen molar-refractivity contribution in [1.29, 1.82) is 0 Å². The van der Waals surface area contributed by atoms with E-state index in [0.717, 1.165) is 30.1 Å². The van der Waals surface area contributed by atoms with Crippen LogP contribution in [0.2, 0.25) is 0 Å². The van der Waals surface area contributed by atoms with Crippen molar-refractivity contribution in [2.45, 2.75) is 45.7 Å². The number of carbonyl (C=O) groups is 1. The molecule has 3 atom stereocenters. The Labute approximate surface area is 112 Å². The Kier molecular flexibility index (Phi) is 4.02. The van der Waals surface area contributed by atoms with E-state index in [1.54, 1.807) is 11.3 Å². The molecule has 5 heteroatoms. The molecule has 0 aromatic carbocycles. The van der Waals surface area contributed by atoms with Crippen molar-refractivity contribution >= 4 is 17.3 Å². The Bertz CT molecular complexity index is 432. The molecular weight excluding hydrogens is 248 g/mol. The summed E-state index contributed by atoms with van der Waals surface area (Å²) in [5.74, 6) is -0.834. The molecule has 1 aromatic rings. The second-order valence-corrected chi connectivity index (χ2v) is 6.18. The van der Waals surface area contributed by atoms with Gasteiger partial charge in [-0.25, -0.2) is 4.98 Å². The molecule has 0 aliphatic carbocycles. The summed E-state index contributed by atoms with van der Waals surface area (Å²) in [6.07, 6.45) is 1.48. The van der Waals surface area contributed by atoms with E-state index < -0.39 is 5.97 Å². The lowest BCUT2D eigenvalue weighted by atomic mass is 9.90. The second-order valence-electron chi connectivity index (χ2n) is 5.11. The fraction of sp³-hybridized carbons (Fsp3) is 0.692. The Balaban J connectivity index is 2.04.